The summed E-state index contributed by atoms with van der Waals surface area (Å²) in [5.41, 5.74) is 2.09. The van der Waals surface area contributed by atoms with Crippen molar-refractivity contribution in [2.45, 2.75) is 6.42 Å². The lowest BCUT2D eigenvalue weighted by molar-refractivity contribution is 0.0952. The van der Waals surface area contributed by atoms with Crippen LogP contribution < -0.4 is 9.62 Å². The molecule has 0 spiro atoms. The maximum Gasteiger partial charge on any atom is 0.270 e. The second-order valence-corrected chi connectivity index (χ2v) is 9.86. The standard InChI is InChI=1S/C18H17N3O3S3/c22-17(14-12-26-18(20-14)16-6-3-10-25-16)19-8-11-27(23,24)21-9-7-13-4-1-2-5-15(13)21/h1-6,10,12H,7-9,11H2,(H,19,22). The number of fused-ring (bicyclic) bond motifs is 1. The van der Waals surface area contributed by atoms with Crippen molar-refractivity contribution in [2.75, 3.05) is 23.1 Å². The third kappa shape index (κ3) is 3.76. The minimum Gasteiger partial charge on any atom is -0.350 e. The molecule has 1 N–H and O–H groups in total. The van der Waals surface area contributed by atoms with Crippen LogP contribution in [-0.2, 0) is 16.4 Å². The Morgan fingerprint density at radius 2 is 2.04 bits per heavy atom. The minimum atomic E-state index is -3.48. The van der Waals surface area contributed by atoms with Crippen LogP contribution in [0.15, 0.2) is 47.2 Å². The first-order valence-corrected chi connectivity index (χ1v) is 11.8. The van der Waals surface area contributed by atoms with Gasteiger partial charge in [0.05, 0.1) is 16.3 Å². The zero-order valence-corrected chi connectivity index (χ0v) is 16.7. The van der Waals surface area contributed by atoms with E-state index < -0.39 is 10.0 Å². The Morgan fingerprint density at radius 1 is 1.19 bits per heavy atom. The van der Waals surface area contributed by atoms with Crippen molar-refractivity contribution < 1.29 is 13.2 Å². The molecule has 0 saturated heterocycles. The summed E-state index contributed by atoms with van der Waals surface area (Å²) < 4.78 is 26.7. The van der Waals surface area contributed by atoms with Gasteiger partial charge in [0.2, 0.25) is 10.0 Å². The van der Waals surface area contributed by atoms with Crippen LogP contribution in [0.4, 0.5) is 5.69 Å². The monoisotopic (exact) mass is 419 g/mol. The van der Waals surface area contributed by atoms with E-state index >= 15 is 0 Å². The molecule has 1 aromatic carbocycles. The summed E-state index contributed by atoms with van der Waals surface area (Å²) >= 11 is 2.96. The highest BCUT2D eigenvalue weighted by molar-refractivity contribution is 7.92. The van der Waals surface area contributed by atoms with E-state index in [4.69, 9.17) is 0 Å². The van der Waals surface area contributed by atoms with E-state index in [9.17, 15) is 13.2 Å². The SMILES string of the molecule is O=C(NCCS(=O)(=O)N1CCc2ccccc21)c1csc(-c2cccs2)n1. The summed E-state index contributed by atoms with van der Waals surface area (Å²) in [5.74, 6) is -0.499. The van der Waals surface area contributed by atoms with E-state index in [1.807, 2.05) is 41.8 Å². The van der Waals surface area contributed by atoms with Gasteiger partial charge in [0.1, 0.15) is 10.7 Å². The summed E-state index contributed by atoms with van der Waals surface area (Å²) in [6.45, 7) is 0.498. The number of anilines is 1. The summed E-state index contributed by atoms with van der Waals surface area (Å²) in [6, 6.07) is 11.4. The number of thiophene rings is 1. The molecular formula is C18H17N3O3S3. The Labute approximate surface area is 165 Å². The predicted octanol–water partition coefficient (Wildman–Crippen LogP) is 2.99. The fourth-order valence-corrected chi connectivity index (χ4v) is 6.02. The van der Waals surface area contributed by atoms with Gasteiger partial charge >= 0.3 is 0 Å². The van der Waals surface area contributed by atoms with Crippen molar-refractivity contribution in [3.05, 3.63) is 58.4 Å². The van der Waals surface area contributed by atoms with Crippen LogP contribution in [0, 0.1) is 0 Å². The predicted molar refractivity (Wildman–Crippen MR) is 109 cm³/mol. The lowest BCUT2D eigenvalue weighted by Crippen LogP contribution is -2.37. The number of nitrogens with zero attached hydrogens (tertiary/aromatic N) is 2. The summed E-state index contributed by atoms with van der Waals surface area (Å²) in [4.78, 5) is 17.6. The molecule has 3 heterocycles. The molecule has 2 aromatic heterocycles. The molecule has 6 nitrogen and oxygen atoms in total. The average Bonchev–Trinajstić information content (AvgIpc) is 3.40. The maximum absolute atomic E-state index is 12.6. The van der Waals surface area contributed by atoms with Crippen LogP contribution in [-0.4, -0.2) is 38.2 Å². The second-order valence-electron chi connectivity index (χ2n) is 6.04. The maximum atomic E-state index is 12.6. The van der Waals surface area contributed by atoms with Gasteiger partial charge in [-0.2, -0.15) is 0 Å². The van der Waals surface area contributed by atoms with Gasteiger partial charge in [-0.3, -0.25) is 9.10 Å². The fraction of sp³-hybridized carbons (Fsp3) is 0.222. The van der Waals surface area contributed by atoms with E-state index in [-0.39, 0.29) is 18.2 Å². The van der Waals surface area contributed by atoms with E-state index in [1.165, 1.54) is 15.6 Å². The van der Waals surface area contributed by atoms with Crippen LogP contribution in [0.3, 0.4) is 0 Å². The molecule has 1 aliphatic rings. The molecule has 1 aliphatic heterocycles. The van der Waals surface area contributed by atoms with Gasteiger partial charge in [-0.25, -0.2) is 13.4 Å². The Hall–Kier alpha value is -2.23. The van der Waals surface area contributed by atoms with Crippen molar-refractivity contribution in [2.24, 2.45) is 0 Å². The molecule has 0 bridgehead atoms. The number of hydrogen-bond acceptors (Lipinski definition) is 6. The topological polar surface area (TPSA) is 79.4 Å². The molecule has 140 valence electrons. The van der Waals surface area contributed by atoms with E-state index in [0.717, 1.165) is 21.1 Å². The Kier molecular flexibility index (Phi) is 4.98. The normalized spacial score (nSPS) is 13.6. The van der Waals surface area contributed by atoms with Crippen molar-refractivity contribution >= 4 is 44.3 Å². The Bertz CT molecular complexity index is 1060. The number of benzene rings is 1. The average molecular weight is 420 g/mol. The van der Waals surface area contributed by atoms with Gasteiger partial charge in [-0.1, -0.05) is 24.3 Å². The molecule has 0 saturated carbocycles. The molecule has 0 fully saturated rings. The largest absolute Gasteiger partial charge is 0.350 e. The van der Waals surface area contributed by atoms with Crippen LogP contribution in [0.5, 0.6) is 0 Å². The number of hydrogen-bond donors (Lipinski definition) is 1. The van der Waals surface area contributed by atoms with E-state index in [0.29, 0.717) is 18.7 Å². The second kappa shape index (κ2) is 7.41. The summed E-state index contributed by atoms with van der Waals surface area (Å²) in [6.07, 6.45) is 0.714. The van der Waals surface area contributed by atoms with Crippen molar-refractivity contribution in [1.29, 1.82) is 0 Å². The number of thiazole rings is 1. The fourth-order valence-electron chi connectivity index (χ4n) is 2.98. The highest BCUT2D eigenvalue weighted by Crippen LogP contribution is 2.30. The van der Waals surface area contributed by atoms with Gasteiger partial charge in [-0.15, -0.1) is 22.7 Å². The first kappa shape index (κ1) is 18.1. The lowest BCUT2D eigenvalue weighted by atomic mass is 10.2. The van der Waals surface area contributed by atoms with Crippen LogP contribution in [0.2, 0.25) is 0 Å². The Morgan fingerprint density at radius 3 is 2.85 bits per heavy atom. The molecule has 3 aromatic rings. The highest BCUT2D eigenvalue weighted by Gasteiger charge is 2.28. The number of aromatic nitrogens is 1. The van der Waals surface area contributed by atoms with Crippen LogP contribution >= 0.6 is 22.7 Å². The van der Waals surface area contributed by atoms with Crippen molar-refractivity contribution in [3.63, 3.8) is 0 Å². The zero-order valence-electron chi connectivity index (χ0n) is 14.3. The molecular weight excluding hydrogens is 402 g/mol. The van der Waals surface area contributed by atoms with E-state index in [2.05, 4.69) is 10.3 Å². The highest BCUT2D eigenvalue weighted by atomic mass is 32.2. The van der Waals surface area contributed by atoms with Gasteiger partial charge in [0.25, 0.3) is 5.91 Å². The van der Waals surface area contributed by atoms with Gasteiger partial charge < -0.3 is 5.32 Å². The minimum absolute atomic E-state index is 0.0473. The van der Waals surface area contributed by atoms with Gasteiger partial charge in [0.15, 0.2) is 0 Å². The first-order valence-electron chi connectivity index (χ1n) is 8.40. The van der Waals surface area contributed by atoms with Crippen molar-refractivity contribution in [1.82, 2.24) is 10.3 Å². The first-order chi connectivity index (χ1) is 13.0. The number of nitrogens with one attached hydrogen (secondary N) is 1. The lowest BCUT2D eigenvalue weighted by Gasteiger charge is -2.19. The number of rotatable bonds is 6. The van der Waals surface area contributed by atoms with Gasteiger partial charge in [0, 0.05) is 18.5 Å². The molecule has 0 atom stereocenters. The quantitative estimate of drug-likeness (QED) is 0.666. The van der Waals surface area contributed by atoms with Gasteiger partial charge in [-0.05, 0) is 29.5 Å². The molecule has 4 rings (SSSR count). The summed E-state index contributed by atoms with van der Waals surface area (Å²) in [7, 11) is -3.48. The molecule has 1 amide bonds. The summed E-state index contributed by atoms with van der Waals surface area (Å²) in [5, 5.41) is 7.10. The molecule has 0 aliphatic carbocycles. The zero-order chi connectivity index (χ0) is 18.9. The third-order valence-electron chi connectivity index (χ3n) is 4.29. The molecule has 0 unspecified atom stereocenters. The molecule has 9 heteroatoms. The number of para-hydroxylation sites is 1. The third-order valence-corrected chi connectivity index (χ3v) is 7.95. The van der Waals surface area contributed by atoms with E-state index in [1.54, 1.807) is 16.7 Å². The van der Waals surface area contributed by atoms with Crippen LogP contribution in [0.25, 0.3) is 9.88 Å². The van der Waals surface area contributed by atoms with Crippen LogP contribution in [0.1, 0.15) is 16.1 Å². The number of amides is 1. The number of sulfonamides is 1. The Balaban J connectivity index is 1.36. The molecule has 0 radical (unpaired) electrons. The number of carbonyl (C=O) groups is 1. The smallest absolute Gasteiger partial charge is 0.270 e. The van der Waals surface area contributed by atoms with Crippen molar-refractivity contribution in [3.8, 4) is 9.88 Å². The molecule has 27 heavy (non-hydrogen) atoms. The number of carbonyl (C=O) groups excluding carboxylic acids is 1.